The Bertz CT molecular complexity index is 422. The summed E-state index contributed by atoms with van der Waals surface area (Å²) >= 11 is 0. The van der Waals surface area contributed by atoms with Crippen molar-refractivity contribution in [3.63, 3.8) is 0 Å². The van der Waals surface area contributed by atoms with E-state index in [1.54, 1.807) is 0 Å². The first-order valence-electron chi connectivity index (χ1n) is 8.54. The summed E-state index contributed by atoms with van der Waals surface area (Å²) in [4.78, 5) is 25.9. The quantitative estimate of drug-likeness (QED) is 0.867. The van der Waals surface area contributed by atoms with Crippen LogP contribution in [0.5, 0.6) is 0 Å². The zero-order chi connectivity index (χ0) is 15.0. The van der Waals surface area contributed by atoms with Crippen molar-refractivity contribution in [2.45, 2.75) is 51.4 Å². The van der Waals surface area contributed by atoms with Crippen molar-refractivity contribution >= 4 is 11.9 Å². The van der Waals surface area contributed by atoms with E-state index >= 15 is 0 Å². The summed E-state index contributed by atoms with van der Waals surface area (Å²) in [5, 5.41) is 9.34. The van der Waals surface area contributed by atoms with Gasteiger partial charge in [-0.05, 0) is 49.9 Å². The van der Waals surface area contributed by atoms with E-state index in [2.05, 4.69) is 0 Å². The van der Waals surface area contributed by atoms with E-state index in [0.29, 0.717) is 12.3 Å². The molecular formula is C17H27NO3. The molecule has 4 nitrogen and oxygen atoms in total. The molecule has 3 fully saturated rings. The van der Waals surface area contributed by atoms with Gasteiger partial charge in [0.05, 0.1) is 11.8 Å². The van der Waals surface area contributed by atoms with Crippen molar-refractivity contribution in [3.8, 4) is 0 Å². The van der Waals surface area contributed by atoms with Crippen LogP contribution in [0.1, 0.15) is 51.4 Å². The van der Waals surface area contributed by atoms with Crippen LogP contribution in [0, 0.1) is 29.6 Å². The highest BCUT2D eigenvalue weighted by Crippen LogP contribution is 2.48. The van der Waals surface area contributed by atoms with Gasteiger partial charge in [0.25, 0.3) is 0 Å². The molecule has 0 aromatic heterocycles. The molecule has 3 aliphatic rings. The third kappa shape index (κ3) is 2.95. The highest BCUT2D eigenvalue weighted by atomic mass is 16.4. The van der Waals surface area contributed by atoms with E-state index in [0.717, 1.165) is 37.6 Å². The largest absolute Gasteiger partial charge is 0.481 e. The minimum absolute atomic E-state index is 0.0740. The Morgan fingerprint density at radius 3 is 2.33 bits per heavy atom. The fourth-order valence-electron chi connectivity index (χ4n) is 5.05. The molecular weight excluding hydrogens is 266 g/mol. The van der Waals surface area contributed by atoms with Crippen LogP contribution in [0.3, 0.4) is 0 Å². The SMILES string of the molecule is CN(CC1CC2CCC1C2)C(=O)C1CCCCC1C(=O)O. The predicted octanol–water partition coefficient (Wildman–Crippen LogP) is 2.77. The number of carbonyl (C=O) groups excluding carboxylic acids is 1. The molecule has 0 aromatic rings. The van der Waals surface area contributed by atoms with E-state index in [9.17, 15) is 14.7 Å². The molecule has 0 radical (unpaired) electrons. The van der Waals surface area contributed by atoms with E-state index in [-0.39, 0.29) is 11.8 Å². The highest BCUT2D eigenvalue weighted by molar-refractivity contribution is 5.84. The Hall–Kier alpha value is -1.06. The summed E-state index contributed by atoms with van der Waals surface area (Å²) in [5.41, 5.74) is 0. The third-order valence-corrected chi connectivity index (χ3v) is 6.17. The lowest BCUT2D eigenvalue weighted by molar-refractivity contribution is -0.152. The van der Waals surface area contributed by atoms with Crippen LogP contribution in [0.4, 0.5) is 0 Å². The first-order chi connectivity index (χ1) is 10.1. The van der Waals surface area contributed by atoms with Gasteiger partial charge in [0, 0.05) is 13.6 Å². The number of nitrogens with zero attached hydrogens (tertiary/aromatic N) is 1. The Balaban J connectivity index is 1.59. The summed E-state index contributed by atoms with van der Waals surface area (Å²) < 4.78 is 0. The molecule has 0 aromatic carbocycles. The maximum Gasteiger partial charge on any atom is 0.307 e. The summed E-state index contributed by atoms with van der Waals surface area (Å²) in [7, 11) is 1.88. The molecule has 3 saturated carbocycles. The van der Waals surface area contributed by atoms with E-state index in [1.807, 2.05) is 11.9 Å². The van der Waals surface area contributed by atoms with Gasteiger partial charge in [0.1, 0.15) is 0 Å². The van der Waals surface area contributed by atoms with Crippen molar-refractivity contribution in [2.75, 3.05) is 13.6 Å². The normalized spacial score (nSPS) is 38.4. The van der Waals surface area contributed by atoms with Crippen LogP contribution in [-0.2, 0) is 9.59 Å². The molecule has 0 saturated heterocycles. The molecule has 21 heavy (non-hydrogen) atoms. The Kier molecular flexibility index (Phi) is 4.23. The molecule has 4 heteroatoms. The third-order valence-electron chi connectivity index (χ3n) is 6.17. The average Bonchev–Trinajstić information content (AvgIpc) is 3.09. The Morgan fingerprint density at radius 2 is 1.76 bits per heavy atom. The van der Waals surface area contributed by atoms with Gasteiger partial charge in [-0.15, -0.1) is 0 Å². The van der Waals surface area contributed by atoms with E-state index < -0.39 is 11.9 Å². The molecule has 1 N–H and O–H groups in total. The number of carboxylic acids is 1. The van der Waals surface area contributed by atoms with Gasteiger partial charge in [-0.3, -0.25) is 9.59 Å². The second-order valence-electron chi connectivity index (χ2n) is 7.49. The van der Waals surface area contributed by atoms with Gasteiger partial charge in [0.2, 0.25) is 5.91 Å². The number of hydrogen-bond donors (Lipinski definition) is 1. The van der Waals surface area contributed by atoms with Gasteiger partial charge in [-0.2, -0.15) is 0 Å². The number of carbonyl (C=O) groups is 2. The molecule has 5 atom stereocenters. The average molecular weight is 293 g/mol. The number of amides is 1. The lowest BCUT2D eigenvalue weighted by atomic mass is 9.78. The molecule has 0 aliphatic heterocycles. The van der Waals surface area contributed by atoms with Crippen LogP contribution < -0.4 is 0 Å². The predicted molar refractivity (Wildman–Crippen MR) is 79.7 cm³/mol. The first kappa shape index (κ1) is 14.9. The first-order valence-corrected chi connectivity index (χ1v) is 8.54. The van der Waals surface area contributed by atoms with Crippen molar-refractivity contribution in [1.82, 2.24) is 4.90 Å². The molecule has 5 unspecified atom stereocenters. The summed E-state index contributed by atoms with van der Waals surface area (Å²) in [6, 6.07) is 0. The number of rotatable bonds is 4. The molecule has 0 spiro atoms. The second-order valence-corrected chi connectivity index (χ2v) is 7.49. The molecule has 2 bridgehead atoms. The zero-order valence-electron chi connectivity index (χ0n) is 13.0. The van der Waals surface area contributed by atoms with Gasteiger partial charge in [0.15, 0.2) is 0 Å². The summed E-state index contributed by atoms with van der Waals surface area (Å²) in [5.74, 6) is 0.890. The number of fused-ring (bicyclic) bond motifs is 2. The van der Waals surface area contributed by atoms with Crippen LogP contribution in [0.2, 0.25) is 0 Å². The molecule has 3 rings (SSSR count). The minimum Gasteiger partial charge on any atom is -0.481 e. The highest BCUT2D eigenvalue weighted by Gasteiger charge is 2.42. The lowest BCUT2D eigenvalue weighted by Crippen LogP contribution is -2.43. The Labute approximate surface area is 126 Å². The maximum absolute atomic E-state index is 12.7. The van der Waals surface area contributed by atoms with E-state index in [4.69, 9.17) is 0 Å². The fourth-order valence-corrected chi connectivity index (χ4v) is 5.05. The maximum atomic E-state index is 12.7. The topological polar surface area (TPSA) is 57.6 Å². The van der Waals surface area contributed by atoms with Gasteiger partial charge < -0.3 is 10.0 Å². The van der Waals surface area contributed by atoms with E-state index in [1.165, 1.54) is 25.7 Å². The molecule has 3 aliphatic carbocycles. The van der Waals surface area contributed by atoms with Crippen LogP contribution in [0.25, 0.3) is 0 Å². The Morgan fingerprint density at radius 1 is 1.05 bits per heavy atom. The molecule has 118 valence electrons. The summed E-state index contributed by atoms with van der Waals surface area (Å²) in [6.45, 7) is 0.836. The van der Waals surface area contributed by atoms with Gasteiger partial charge >= 0.3 is 5.97 Å². The minimum atomic E-state index is -0.790. The number of carboxylic acid groups (broad SMARTS) is 1. The van der Waals surface area contributed by atoms with Crippen LogP contribution in [-0.4, -0.2) is 35.5 Å². The molecule has 1 amide bonds. The monoisotopic (exact) mass is 293 g/mol. The van der Waals surface area contributed by atoms with Crippen molar-refractivity contribution in [1.29, 1.82) is 0 Å². The summed E-state index contributed by atoms with van der Waals surface area (Å²) in [6.07, 6.45) is 8.67. The van der Waals surface area contributed by atoms with Gasteiger partial charge in [-0.25, -0.2) is 0 Å². The fraction of sp³-hybridized carbons (Fsp3) is 0.882. The van der Waals surface area contributed by atoms with Crippen molar-refractivity contribution in [3.05, 3.63) is 0 Å². The van der Waals surface area contributed by atoms with Crippen molar-refractivity contribution < 1.29 is 14.7 Å². The van der Waals surface area contributed by atoms with Crippen LogP contribution >= 0.6 is 0 Å². The molecule has 0 heterocycles. The van der Waals surface area contributed by atoms with Crippen LogP contribution in [0.15, 0.2) is 0 Å². The second kappa shape index (κ2) is 5.98. The number of aliphatic carboxylic acids is 1. The number of hydrogen-bond acceptors (Lipinski definition) is 2. The standard InChI is InChI=1S/C17H27NO3/c1-18(10-13-9-11-6-7-12(13)8-11)16(19)14-4-2-3-5-15(14)17(20)21/h11-15H,2-10H2,1H3,(H,20,21). The zero-order valence-corrected chi connectivity index (χ0v) is 13.0. The van der Waals surface area contributed by atoms with Gasteiger partial charge in [-0.1, -0.05) is 19.3 Å². The lowest BCUT2D eigenvalue weighted by Gasteiger charge is -2.33. The smallest absolute Gasteiger partial charge is 0.307 e. The van der Waals surface area contributed by atoms with Crippen molar-refractivity contribution in [2.24, 2.45) is 29.6 Å².